The largest absolute Gasteiger partial charge is 0.507 e. The number of phenols is 2. The zero-order valence-electron chi connectivity index (χ0n) is 34.2. The molecular formula is C46H48N2O10. The van der Waals surface area contributed by atoms with Crippen molar-refractivity contribution in [3.05, 3.63) is 106 Å². The van der Waals surface area contributed by atoms with Crippen LogP contribution in [-0.2, 0) is 9.59 Å². The van der Waals surface area contributed by atoms with Crippen molar-refractivity contribution in [3.63, 3.8) is 0 Å². The van der Waals surface area contributed by atoms with Gasteiger partial charge in [-0.05, 0) is 72.2 Å². The predicted molar refractivity (Wildman–Crippen MR) is 226 cm³/mol. The number of hydrogen-bond acceptors (Lipinski definition) is 12. The topological polar surface area (TPSA) is 176 Å². The first-order valence-electron chi connectivity index (χ1n) is 18.7. The maximum atomic E-state index is 14.1. The van der Waals surface area contributed by atoms with E-state index in [2.05, 4.69) is 10.6 Å². The van der Waals surface area contributed by atoms with Crippen molar-refractivity contribution in [2.24, 2.45) is 11.8 Å². The van der Waals surface area contributed by atoms with Crippen molar-refractivity contribution in [2.45, 2.75) is 41.5 Å². The Kier molecular flexibility index (Phi) is 11.2. The van der Waals surface area contributed by atoms with E-state index in [1.54, 1.807) is 62.4 Å². The predicted octanol–water partition coefficient (Wildman–Crippen LogP) is 9.34. The van der Waals surface area contributed by atoms with Crippen LogP contribution in [0.4, 0.5) is 11.4 Å². The molecule has 0 fully saturated rings. The summed E-state index contributed by atoms with van der Waals surface area (Å²) in [6.07, 6.45) is 2.79. The van der Waals surface area contributed by atoms with Crippen LogP contribution < -0.4 is 29.6 Å². The first-order chi connectivity index (χ1) is 27.6. The lowest BCUT2D eigenvalue weighted by atomic mass is 9.75. The molecule has 2 aliphatic carbocycles. The molecule has 0 aromatic heterocycles. The number of phenolic OH excluding ortho intramolecular Hbond substituents is 2. The summed E-state index contributed by atoms with van der Waals surface area (Å²) in [4.78, 5) is 28.1. The molecule has 302 valence electrons. The van der Waals surface area contributed by atoms with Gasteiger partial charge in [0.15, 0.2) is 11.5 Å². The van der Waals surface area contributed by atoms with Crippen LogP contribution in [0, 0.1) is 25.7 Å². The monoisotopic (exact) mass is 788 g/mol. The SMILES string of the molecule is COc1ccc(OC)c(N/C=C2\C(=O)C(O)=C(C(C)C)c3cc(C)c(-c4c(C)cc5c(c4O)/C(=C/Nc4cc(OC)ccc4OC)C(=O)C(O)=C5C(C)C)c(O)c32)c1. The van der Waals surface area contributed by atoms with Crippen LogP contribution >= 0.6 is 0 Å². The van der Waals surface area contributed by atoms with E-state index in [1.165, 1.54) is 40.8 Å². The van der Waals surface area contributed by atoms with Gasteiger partial charge in [-0.3, -0.25) is 9.59 Å². The number of nitrogens with one attached hydrogen (secondary N) is 2. The van der Waals surface area contributed by atoms with Crippen LogP contribution in [0.2, 0.25) is 0 Å². The Bertz CT molecular complexity index is 2330. The Hall–Kier alpha value is -6.82. The number of methoxy groups -OCH3 is 4. The van der Waals surface area contributed by atoms with Crippen molar-refractivity contribution in [3.8, 4) is 45.6 Å². The Labute approximate surface area is 337 Å². The molecule has 58 heavy (non-hydrogen) atoms. The number of anilines is 2. The second kappa shape index (κ2) is 16.0. The van der Waals surface area contributed by atoms with E-state index in [0.717, 1.165) is 0 Å². The fourth-order valence-electron chi connectivity index (χ4n) is 7.78. The minimum Gasteiger partial charge on any atom is -0.507 e. The van der Waals surface area contributed by atoms with Gasteiger partial charge < -0.3 is 50.0 Å². The van der Waals surface area contributed by atoms with Gasteiger partial charge >= 0.3 is 0 Å². The lowest BCUT2D eigenvalue weighted by Crippen LogP contribution is -2.20. The van der Waals surface area contributed by atoms with Crippen LogP contribution in [-0.4, -0.2) is 60.4 Å². The highest BCUT2D eigenvalue weighted by molar-refractivity contribution is 6.35. The standard InChI is InChI=1S/C46H48N2O10/c1-21(2)35-27-15-23(5)37(43(51)39(27)29(41(49)45(35)53)19-47-31-17-25(55-7)11-13-33(31)57-9)38-24(6)16-28-36(22(3)4)46(54)42(50)30(40(28)44(38)52)20-48-32-18-26(56-8)12-14-34(32)58-10/h11-22,47-48,51-54H,1-10H3/b29-19-,30-20-. The molecule has 0 unspecified atom stereocenters. The van der Waals surface area contributed by atoms with Crippen LogP contribution in [0.15, 0.2) is 72.4 Å². The fourth-order valence-corrected chi connectivity index (χ4v) is 7.78. The highest BCUT2D eigenvalue weighted by atomic mass is 16.5. The van der Waals surface area contributed by atoms with E-state index >= 15 is 0 Å². The fraction of sp³-hybridized carbons (Fsp3) is 0.261. The van der Waals surface area contributed by atoms with Crippen LogP contribution in [0.5, 0.6) is 34.5 Å². The maximum absolute atomic E-state index is 14.1. The molecule has 0 radical (unpaired) electrons. The molecular weight excluding hydrogens is 741 g/mol. The van der Waals surface area contributed by atoms with Crippen molar-refractivity contribution >= 4 is 45.2 Å². The molecule has 0 saturated carbocycles. The second-order valence-electron chi connectivity index (χ2n) is 14.7. The summed E-state index contributed by atoms with van der Waals surface area (Å²) in [6.45, 7) is 10.9. The van der Waals surface area contributed by atoms with Gasteiger partial charge in [-0.1, -0.05) is 39.8 Å². The van der Waals surface area contributed by atoms with Gasteiger partial charge in [-0.25, -0.2) is 0 Å². The molecule has 4 aromatic carbocycles. The van der Waals surface area contributed by atoms with Crippen LogP contribution in [0.25, 0.3) is 33.4 Å². The summed E-state index contributed by atoms with van der Waals surface area (Å²) in [5.41, 5.74) is 4.13. The first-order valence-corrected chi connectivity index (χ1v) is 18.7. The highest BCUT2D eigenvalue weighted by Gasteiger charge is 2.38. The minimum atomic E-state index is -0.723. The van der Waals surface area contributed by atoms with Gasteiger partial charge in [0.25, 0.3) is 0 Å². The third kappa shape index (κ3) is 6.84. The number of aliphatic hydroxyl groups is 2. The van der Waals surface area contributed by atoms with E-state index in [-0.39, 0.29) is 56.7 Å². The smallest absolute Gasteiger partial charge is 0.229 e. The van der Waals surface area contributed by atoms with E-state index < -0.39 is 23.1 Å². The number of ketones is 2. The van der Waals surface area contributed by atoms with Crippen molar-refractivity contribution in [1.29, 1.82) is 0 Å². The number of benzene rings is 4. The highest BCUT2D eigenvalue weighted by Crippen LogP contribution is 2.54. The lowest BCUT2D eigenvalue weighted by Gasteiger charge is -2.29. The number of aryl methyl sites for hydroxylation is 2. The Balaban J connectivity index is 1.62. The number of carbonyl (C=O) groups excluding carboxylic acids is 2. The number of carbonyl (C=O) groups is 2. The average Bonchev–Trinajstić information content (AvgIpc) is 3.19. The van der Waals surface area contributed by atoms with Gasteiger partial charge in [-0.15, -0.1) is 0 Å². The number of aromatic hydroxyl groups is 2. The summed E-state index contributed by atoms with van der Waals surface area (Å²) < 4.78 is 21.8. The molecule has 0 amide bonds. The van der Waals surface area contributed by atoms with Gasteiger partial charge in [-0.2, -0.15) is 0 Å². The number of aliphatic hydroxyl groups excluding tert-OH is 2. The van der Waals surface area contributed by atoms with E-state index in [1.807, 2.05) is 27.7 Å². The quantitative estimate of drug-likeness (QED) is 0.0796. The summed E-state index contributed by atoms with van der Waals surface area (Å²) in [5, 5.41) is 53.9. The van der Waals surface area contributed by atoms with Gasteiger partial charge in [0.05, 0.1) is 51.0 Å². The molecule has 6 N–H and O–H groups in total. The molecule has 0 aliphatic heterocycles. The third-order valence-corrected chi connectivity index (χ3v) is 10.5. The number of rotatable bonds is 11. The molecule has 6 rings (SSSR count). The molecule has 12 nitrogen and oxygen atoms in total. The second-order valence-corrected chi connectivity index (χ2v) is 14.7. The summed E-state index contributed by atoms with van der Waals surface area (Å²) in [5.74, 6) is -1.69. The zero-order valence-corrected chi connectivity index (χ0v) is 34.2. The van der Waals surface area contributed by atoms with Crippen molar-refractivity contribution < 1.29 is 49.0 Å². The molecule has 0 heterocycles. The van der Waals surface area contributed by atoms with Gasteiger partial charge in [0.1, 0.15) is 34.5 Å². The number of allylic oxidation sites excluding steroid dienone is 4. The van der Waals surface area contributed by atoms with Crippen molar-refractivity contribution in [1.82, 2.24) is 0 Å². The molecule has 4 aromatic rings. The van der Waals surface area contributed by atoms with E-state index in [4.69, 9.17) is 18.9 Å². The maximum Gasteiger partial charge on any atom is 0.229 e. The summed E-state index contributed by atoms with van der Waals surface area (Å²) in [7, 11) is 6.04. The zero-order chi connectivity index (χ0) is 42.3. The number of Topliss-reactive ketones (excluding diaryl/α,β-unsaturated/α-hetero) is 2. The number of hydrogen-bond donors (Lipinski definition) is 6. The van der Waals surface area contributed by atoms with Crippen LogP contribution in [0.1, 0.15) is 61.1 Å². The van der Waals surface area contributed by atoms with E-state index in [0.29, 0.717) is 67.8 Å². The average molecular weight is 789 g/mol. The molecule has 0 atom stereocenters. The molecule has 2 aliphatic rings. The third-order valence-electron chi connectivity index (χ3n) is 10.5. The van der Waals surface area contributed by atoms with E-state index in [9.17, 15) is 30.0 Å². The van der Waals surface area contributed by atoms with Crippen LogP contribution in [0.3, 0.4) is 0 Å². The Morgan fingerprint density at radius 3 is 1.21 bits per heavy atom. The van der Waals surface area contributed by atoms with Gasteiger partial charge in [0, 0.05) is 57.9 Å². The lowest BCUT2D eigenvalue weighted by molar-refractivity contribution is -0.113. The first kappa shape index (κ1) is 40.8. The van der Waals surface area contributed by atoms with Gasteiger partial charge in [0.2, 0.25) is 11.6 Å². The molecule has 0 saturated heterocycles. The summed E-state index contributed by atoms with van der Waals surface area (Å²) >= 11 is 0. The Morgan fingerprint density at radius 2 is 0.897 bits per heavy atom. The molecule has 0 spiro atoms. The Morgan fingerprint density at radius 1 is 0.534 bits per heavy atom. The van der Waals surface area contributed by atoms with Crippen molar-refractivity contribution in [2.75, 3.05) is 39.1 Å². The summed E-state index contributed by atoms with van der Waals surface area (Å²) in [6, 6.07) is 13.7. The molecule has 12 heteroatoms. The number of ether oxygens (including phenoxy) is 4. The number of fused-ring (bicyclic) bond motifs is 2. The normalized spacial score (nSPS) is 15.3. The molecule has 0 bridgehead atoms. The minimum absolute atomic E-state index is 0.0437.